The fourth-order valence-electron chi connectivity index (χ4n) is 1.55. The maximum absolute atomic E-state index is 11.6. The molecule has 7 heteroatoms. The van der Waals surface area contributed by atoms with Crippen LogP contribution in [0.2, 0.25) is 0 Å². The first-order valence-electron chi connectivity index (χ1n) is 4.48. The molecule has 1 atom stereocenters. The minimum atomic E-state index is -3.92. The van der Waals surface area contributed by atoms with Crippen LogP contribution in [-0.2, 0) is 19.0 Å². The van der Waals surface area contributed by atoms with Crippen LogP contribution in [0.4, 0.5) is 0 Å². The third-order valence-electron chi connectivity index (χ3n) is 2.27. The van der Waals surface area contributed by atoms with Crippen LogP contribution in [-0.4, -0.2) is 20.1 Å². The Morgan fingerprint density at radius 3 is 2.38 bits per heavy atom. The molecular formula is C9H10N2O3S2. The first-order valence-corrected chi connectivity index (χ1v) is 7.02. The van der Waals surface area contributed by atoms with E-state index in [1.807, 2.05) is 0 Å². The van der Waals surface area contributed by atoms with E-state index in [4.69, 9.17) is 5.14 Å². The SMILES string of the molecule is NS(=O)(=O)C1(c2ccccc2)NC(=O)CS1. The predicted octanol–water partition coefficient (Wildman–Crippen LogP) is -0.0516. The lowest BCUT2D eigenvalue weighted by molar-refractivity contribution is -0.118. The summed E-state index contributed by atoms with van der Waals surface area (Å²) < 4.78 is 21.8. The lowest BCUT2D eigenvalue weighted by Crippen LogP contribution is -2.47. The average Bonchev–Trinajstić information content (AvgIpc) is 2.62. The number of hydrogen-bond donors (Lipinski definition) is 2. The Morgan fingerprint density at radius 2 is 1.94 bits per heavy atom. The number of primary sulfonamides is 1. The molecule has 0 bridgehead atoms. The van der Waals surface area contributed by atoms with E-state index in [2.05, 4.69) is 5.32 Å². The number of nitrogens with two attached hydrogens (primary N) is 1. The Labute approximate surface area is 97.5 Å². The molecule has 3 N–H and O–H groups in total. The standard InChI is InChI=1S/C9H10N2O3S2/c10-16(13,14)9(11-8(12)6-15-9)7-4-2-1-3-5-7/h1-5H,6H2,(H,11,12)(H2,10,13,14). The summed E-state index contributed by atoms with van der Waals surface area (Å²) in [5, 5.41) is 7.64. The number of thioether (sulfide) groups is 1. The van der Waals surface area contributed by atoms with Gasteiger partial charge in [0, 0.05) is 5.56 Å². The Morgan fingerprint density at radius 1 is 1.31 bits per heavy atom. The molecule has 0 radical (unpaired) electrons. The maximum Gasteiger partial charge on any atom is 0.247 e. The van der Waals surface area contributed by atoms with E-state index in [1.165, 1.54) is 0 Å². The van der Waals surface area contributed by atoms with E-state index in [0.717, 1.165) is 11.8 Å². The largest absolute Gasteiger partial charge is 0.323 e. The second-order valence-electron chi connectivity index (χ2n) is 3.36. The van der Waals surface area contributed by atoms with Crippen LogP contribution >= 0.6 is 11.8 Å². The molecule has 2 rings (SSSR count). The van der Waals surface area contributed by atoms with Crippen LogP contribution < -0.4 is 10.5 Å². The molecule has 86 valence electrons. The molecule has 0 spiro atoms. The lowest BCUT2D eigenvalue weighted by Gasteiger charge is -2.25. The summed E-state index contributed by atoms with van der Waals surface area (Å²) in [5.41, 5.74) is 0.466. The molecular weight excluding hydrogens is 248 g/mol. The van der Waals surface area contributed by atoms with Gasteiger partial charge in [0.25, 0.3) is 0 Å². The summed E-state index contributed by atoms with van der Waals surface area (Å²) in [7, 11) is -3.92. The van der Waals surface area contributed by atoms with Crippen molar-refractivity contribution in [3.63, 3.8) is 0 Å². The summed E-state index contributed by atoms with van der Waals surface area (Å²) >= 11 is 0.984. The monoisotopic (exact) mass is 258 g/mol. The topological polar surface area (TPSA) is 89.3 Å². The van der Waals surface area contributed by atoms with Crippen molar-refractivity contribution in [1.29, 1.82) is 0 Å². The molecule has 0 saturated carbocycles. The quantitative estimate of drug-likeness (QED) is 0.778. The molecule has 1 aromatic rings. The maximum atomic E-state index is 11.6. The Hall–Kier alpha value is -1.05. The van der Waals surface area contributed by atoms with Gasteiger partial charge in [0.2, 0.25) is 20.1 Å². The van der Waals surface area contributed by atoms with Crippen molar-refractivity contribution in [3.05, 3.63) is 35.9 Å². The number of hydrogen-bond acceptors (Lipinski definition) is 4. The molecule has 1 unspecified atom stereocenters. The number of nitrogens with one attached hydrogen (secondary N) is 1. The fourth-order valence-corrected chi connectivity index (χ4v) is 4.00. The first kappa shape index (κ1) is 11.4. The molecule has 0 aliphatic carbocycles. The van der Waals surface area contributed by atoms with E-state index >= 15 is 0 Å². The van der Waals surface area contributed by atoms with Gasteiger partial charge in [0.05, 0.1) is 5.75 Å². The van der Waals surface area contributed by atoms with Gasteiger partial charge in [-0.05, 0) is 0 Å². The average molecular weight is 258 g/mol. The van der Waals surface area contributed by atoms with Crippen molar-refractivity contribution < 1.29 is 13.2 Å². The zero-order valence-corrected chi connectivity index (χ0v) is 9.85. The minimum Gasteiger partial charge on any atom is -0.323 e. The van der Waals surface area contributed by atoms with Gasteiger partial charge in [-0.2, -0.15) is 0 Å². The van der Waals surface area contributed by atoms with Crippen molar-refractivity contribution in [1.82, 2.24) is 5.32 Å². The van der Waals surface area contributed by atoms with Crippen LogP contribution in [0.25, 0.3) is 0 Å². The molecule has 16 heavy (non-hydrogen) atoms. The molecule has 0 aromatic heterocycles. The van der Waals surface area contributed by atoms with Crippen LogP contribution in [0, 0.1) is 0 Å². The Bertz CT molecular complexity index is 515. The predicted molar refractivity (Wildman–Crippen MR) is 61.8 cm³/mol. The Balaban J connectivity index is 2.58. The molecule has 1 aliphatic rings. The number of benzene rings is 1. The summed E-state index contributed by atoms with van der Waals surface area (Å²) in [5.74, 6) is -0.242. The van der Waals surface area contributed by atoms with Crippen molar-refractivity contribution in [2.45, 2.75) is 4.20 Å². The van der Waals surface area contributed by atoms with Crippen molar-refractivity contribution >= 4 is 27.7 Å². The zero-order chi connectivity index (χ0) is 11.8. The summed E-state index contributed by atoms with van der Waals surface area (Å²) in [6.45, 7) is 0. The number of amides is 1. The van der Waals surface area contributed by atoms with Gasteiger partial charge in [-0.15, -0.1) is 11.8 Å². The Kier molecular flexibility index (Phi) is 2.69. The highest BCUT2D eigenvalue weighted by Gasteiger charge is 2.49. The normalized spacial score (nSPS) is 25.4. The molecule has 1 saturated heterocycles. The number of carbonyl (C=O) groups excluding carboxylic acids is 1. The van der Waals surface area contributed by atoms with Crippen LogP contribution in [0.15, 0.2) is 30.3 Å². The van der Waals surface area contributed by atoms with Gasteiger partial charge in [-0.1, -0.05) is 30.3 Å². The van der Waals surface area contributed by atoms with E-state index in [0.29, 0.717) is 5.56 Å². The highest BCUT2D eigenvalue weighted by atomic mass is 32.3. The molecule has 1 aliphatic heterocycles. The highest BCUT2D eigenvalue weighted by Crippen LogP contribution is 2.41. The highest BCUT2D eigenvalue weighted by molar-refractivity contribution is 8.14. The third kappa shape index (κ3) is 1.70. The summed E-state index contributed by atoms with van der Waals surface area (Å²) in [6.07, 6.45) is 0. The molecule has 1 aromatic carbocycles. The van der Waals surface area contributed by atoms with Gasteiger partial charge >= 0.3 is 0 Å². The van der Waals surface area contributed by atoms with E-state index in [-0.39, 0.29) is 11.7 Å². The van der Waals surface area contributed by atoms with Crippen LogP contribution in [0.3, 0.4) is 0 Å². The minimum absolute atomic E-state index is 0.0886. The number of carbonyl (C=O) groups is 1. The van der Waals surface area contributed by atoms with Crippen molar-refractivity contribution in [2.75, 3.05) is 5.75 Å². The van der Waals surface area contributed by atoms with E-state index in [1.54, 1.807) is 30.3 Å². The smallest absolute Gasteiger partial charge is 0.247 e. The van der Waals surface area contributed by atoms with Gasteiger partial charge < -0.3 is 5.32 Å². The zero-order valence-electron chi connectivity index (χ0n) is 8.21. The van der Waals surface area contributed by atoms with Crippen LogP contribution in [0.5, 0.6) is 0 Å². The molecule has 1 amide bonds. The second kappa shape index (κ2) is 3.76. The van der Waals surface area contributed by atoms with Gasteiger partial charge in [0.15, 0.2) is 0 Å². The first-order chi connectivity index (χ1) is 7.46. The van der Waals surface area contributed by atoms with Crippen molar-refractivity contribution in [2.24, 2.45) is 5.14 Å². The van der Waals surface area contributed by atoms with Gasteiger partial charge in [-0.3, -0.25) is 4.79 Å². The molecule has 1 heterocycles. The second-order valence-corrected chi connectivity index (χ2v) is 6.51. The number of sulfonamides is 1. The van der Waals surface area contributed by atoms with E-state index < -0.39 is 14.2 Å². The fraction of sp³-hybridized carbons (Fsp3) is 0.222. The lowest BCUT2D eigenvalue weighted by atomic mass is 10.2. The number of rotatable bonds is 2. The summed E-state index contributed by atoms with van der Waals surface area (Å²) in [6, 6.07) is 8.42. The summed E-state index contributed by atoms with van der Waals surface area (Å²) in [4.78, 5) is 11.2. The molecule has 5 nitrogen and oxygen atoms in total. The molecule has 1 fully saturated rings. The third-order valence-corrected chi connectivity index (χ3v) is 5.61. The van der Waals surface area contributed by atoms with Gasteiger partial charge in [-0.25, -0.2) is 13.6 Å². The van der Waals surface area contributed by atoms with Gasteiger partial charge in [0.1, 0.15) is 0 Å². The van der Waals surface area contributed by atoms with E-state index in [9.17, 15) is 13.2 Å². The van der Waals surface area contributed by atoms with Crippen molar-refractivity contribution in [3.8, 4) is 0 Å². The van der Waals surface area contributed by atoms with Crippen LogP contribution in [0.1, 0.15) is 5.56 Å².